The molecule has 3 aromatic rings. The molecule has 212 valence electrons. The molecule has 1 fully saturated rings. The third kappa shape index (κ3) is 5.64. The van der Waals surface area contributed by atoms with Gasteiger partial charge in [0.05, 0.1) is 9.82 Å². The Morgan fingerprint density at radius 1 is 1.00 bits per heavy atom. The first-order chi connectivity index (χ1) is 19.3. The second kappa shape index (κ2) is 11.6. The van der Waals surface area contributed by atoms with Crippen LogP contribution in [0.15, 0.2) is 53.7 Å². The normalized spacial score (nSPS) is 15.4. The molecule has 0 saturated carbocycles. The lowest BCUT2D eigenvalue weighted by Crippen LogP contribution is -2.46. The van der Waals surface area contributed by atoms with Gasteiger partial charge in [-0.1, -0.05) is 19.9 Å². The van der Waals surface area contributed by atoms with Gasteiger partial charge in [0.2, 0.25) is 28.5 Å². The summed E-state index contributed by atoms with van der Waals surface area (Å²) >= 11 is 0. The van der Waals surface area contributed by atoms with Gasteiger partial charge in [0, 0.05) is 51.5 Å². The third-order valence-electron chi connectivity index (χ3n) is 6.96. The molecule has 1 aromatic heterocycles. The van der Waals surface area contributed by atoms with E-state index in [4.69, 9.17) is 9.47 Å². The number of hydrogen-bond acceptors (Lipinski definition) is 11. The number of hydrogen-bond donors (Lipinski definition) is 1. The smallest absolute Gasteiger partial charge is 0.353 e. The number of aromatic nitrogens is 2. The van der Waals surface area contributed by atoms with Crippen LogP contribution in [0.3, 0.4) is 0 Å². The van der Waals surface area contributed by atoms with Gasteiger partial charge in [-0.05, 0) is 42.0 Å². The molecule has 2 aliphatic heterocycles. The van der Waals surface area contributed by atoms with Gasteiger partial charge in [0.1, 0.15) is 6.33 Å². The fraction of sp³-hybridized carbons (Fsp3) is 0.385. The summed E-state index contributed by atoms with van der Waals surface area (Å²) in [6, 6.07) is 12.0. The van der Waals surface area contributed by atoms with Crippen molar-refractivity contribution in [3.8, 4) is 11.5 Å². The minimum absolute atomic E-state index is 0.0390. The third-order valence-corrected chi connectivity index (χ3v) is 9.02. The molecule has 14 heteroatoms. The Morgan fingerprint density at radius 2 is 1.70 bits per heavy atom. The Kier molecular flexibility index (Phi) is 8.00. The monoisotopic (exact) mass is 569 g/mol. The molecular weight excluding hydrogens is 538 g/mol. The molecule has 13 nitrogen and oxygen atoms in total. The van der Waals surface area contributed by atoms with Gasteiger partial charge in [0.25, 0.3) is 0 Å². The van der Waals surface area contributed by atoms with Crippen LogP contribution < -0.4 is 19.7 Å². The fourth-order valence-electron chi connectivity index (χ4n) is 4.84. The summed E-state index contributed by atoms with van der Waals surface area (Å²) in [5.41, 5.74) is 1.35. The summed E-state index contributed by atoms with van der Waals surface area (Å²) in [5.74, 6) is 1.77. The highest BCUT2D eigenvalue weighted by atomic mass is 32.2. The number of nitrogens with one attached hydrogen (secondary N) is 1. The molecule has 2 aromatic carbocycles. The van der Waals surface area contributed by atoms with E-state index in [0.717, 1.165) is 23.6 Å². The summed E-state index contributed by atoms with van der Waals surface area (Å²) in [7, 11) is -3.61. The van der Waals surface area contributed by atoms with Crippen LogP contribution in [-0.4, -0.2) is 78.6 Å². The van der Waals surface area contributed by atoms with E-state index in [0.29, 0.717) is 45.0 Å². The summed E-state index contributed by atoms with van der Waals surface area (Å²) in [6.45, 7) is 7.74. The van der Waals surface area contributed by atoms with Gasteiger partial charge in [-0.25, -0.2) is 18.4 Å². The lowest BCUT2D eigenvalue weighted by atomic mass is 10.1. The van der Waals surface area contributed by atoms with Crippen LogP contribution in [0.2, 0.25) is 0 Å². The molecule has 0 aliphatic carbocycles. The van der Waals surface area contributed by atoms with Crippen molar-refractivity contribution in [1.29, 1.82) is 0 Å². The van der Waals surface area contributed by atoms with E-state index < -0.39 is 14.9 Å². The van der Waals surface area contributed by atoms with Crippen molar-refractivity contribution in [3.63, 3.8) is 0 Å². The number of nitrogens with zero attached hydrogens (tertiary/aromatic N) is 6. The number of benzene rings is 2. The molecule has 0 radical (unpaired) electrons. The second-order valence-electron chi connectivity index (χ2n) is 9.34. The molecule has 2 aliphatic rings. The summed E-state index contributed by atoms with van der Waals surface area (Å²) in [5, 5.41) is 15.1. The average molecular weight is 570 g/mol. The van der Waals surface area contributed by atoms with Crippen LogP contribution in [0, 0.1) is 10.1 Å². The number of anilines is 3. The summed E-state index contributed by atoms with van der Waals surface area (Å²) in [4.78, 5) is 24.3. The van der Waals surface area contributed by atoms with Crippen LogP contribution in [0.1, 0.15) is 19.4 Å². The quantitative estimate of drug-likeness (QED) is 0.284. The highest BCUT2D eigenvalue weighted by molar-refractivity contribution is 7.89. The van der Waals surface area contributed by atoms with Crippen molar-refractivity contribution < 1.29 is 22.8 Å². The molecule has 1 N–H and O–H groups in total. The van der Waals surface area contributed by atoms with Gasteiger partial charge < -0.3 is 19.7 Å². The highest BCUT2D eigenvalue weighted by Crippen LogP contribution is 2.35. The molecular formula is C26H31N7O6S. The van der Waals surface area contributed by atoms with Crippen LogP contribution in [0.5, 0.6) is 11.5 Å². The topological polar surface area (TPSA) is 143 Å². The molecule has 0 unspecified atom stereocenters. The number of rotatable bonds is 10. The molecule has 0 atom stereocenters. The second-order valence-corrected chi connectivity index (χ2v) is 11.3. The summed E-state index contributed by atoms with van der Waals surface area (Å²) in [6.07, 6.45) is 1.29. The van der Waals surface area contributed by atoms with E-state index >= 15 is 0 Å². The van der Waals surface area contributed by atoms with Gasteiger partial charge >= 0.3 is 5.69 Å². The lowest BCUT2D eigenvalue weighted by Gasteiger charge is -2.35. The van der Waals surface area contributed by atoms with E-state index in [9.17, 15) is 18.5 Å². The summed E-state index contributed by atoms with van der Waals surface area (Å²) < 4.78 is 37.8. The van der Waals surface area contributed by atoms with Crippen molar-refractivity contribution in [3.05, 3.63) is 64.5 Å². The first-order valence-corrected chi connectivity index (χ1v) is 14.5. The SMILES string of the molecule is CCN(CC)S(=O)(=O)c1ccc(Nc2ncnc(N3CCN(Cc4ccc5c(c4)OCO5)CC3)c2[N+](=O)[O-])cc1. The van der Waals surface area contributed by atoms with E-state index in [1.54, 1.807) is 26.0 Å². The minimum atomic E-state index is -3.61. The Balaban J connectivity index is 1.28. The maximum absolute atomic E-state index is 12.8. The van der Waals surface area contributed by atoms with E-state index in [2.05, 4.69) is 20.2 Å². The highest BCUT2D eigenvalue weighted by Gasteiger charge is 2.30. The average Bonchev–Trinajstić information content (AvgIpc) is 3.42. The number of fused-ring (bicyclic) bond motifs is 1. The Labute approximate surface area is 232 Å². The Morgan fingerprint density at radius 3 is 2.38 bits per heavy atom. The zero-order valence-corrected chi connectivity index (χ0v) is 23.1. The van der Waals surface area contributed by atoms with Crippen LogP contribution >= 0.6 is 0 Å². The number of nitro groups is 1. The molecule has 5 rings (SSSR count). The van der Waals surface area contributed by atoms with Crippen molar-refractivity contribution in [1.82, 2.24) is 19.2 Å². The predicted octanol–water partition coefficient (Wildman–Crippen LogP) is 3.21. The Hall–Kier alpha value is -4.01. The van der Waals surface area contributed by atoms with Gasteiger partial charge in [-0.3, -0.25) is 15.0 Å². The van der Waals surface area contributed by atoms with Crippen LogP contribution in [-0.2, 0) is 16.6 Å². The molecule has 1 saturated heterocycles. The number of ether oxygens (including phenoxy) is 2. The molecule has 0 amide bonds. The maximum Gasteiger partial charge on any atom is 0.353 e. The van der Waals surface area contributed by atoms with Gasteiger partial charge in [-0.2, -0.15) is 4.31 Å². The standard InChI is InChI=1S/C26H31N7O6S/c1-3-32(4-2)40(36,37)21-8-6-20(7-9-21)29-25-24(33(34)35)26(28-17-27-25)31-13-11-30(12-14-31)16-19-5-10-22-23(15-19)39-18-38-22/h5-10,15,17H,3-4,11-14,16,18H2,1-2H3,(H,27,28,29). The maximum atomic E-state index is 12.8. The lowest BCUT2D eigenvalue weighted by molar-refractivity contribution is -0.383. The van der Waals surface area contributed by atoms with Gasteiger partial charge in [0.15, 0.2) is 11.5 Å². The van der Waals surface area contributed by atoms with Crippen molar-refractivity contribution in [2.24, 2.45) is 0 Å². The number of piperazine rings is 1. The van der Waals surface area contributed by atoms with Gasteiger partial charge in [-0.15, -0.1) is 0 Å². The first kappa shape index (κ1) is 27.6. The zero-order valence-electron chi connectivity index (χ0n) is 22.3. The van der Waals surface area contributed by atoms with Crippen molar-refractivity contribution in [2.75, 3.05) is 56.3 Å². The minimum Gasteiger partial charge on any atom is -0.454 e. The van der Waals surface area contributed by atoms with Crippen LogP contribution in [0.25, 0.3) is 0 Å². The molecule has 0 bridgehead atoms. The van der Waals surface area contributed by atoms with Crippen molar-refractivity contribution >= 4 is 33.0 Å². The fourth-order valence-corrected chi connectivity index (χ4v) is 6.29. The van der Waals surface area contributed by atoms with Crippen LogP contribution in [0.4, 0.5) is 23.0 Å². The van der Waals surface area contributed by atoms with Crippen molar-refractivity contribution in [2.45, 2.75) is 25.3 Å². The molecule has 40 heavy (non-hydrogen) atoms. The predicted molar refractivity (Wildman–Crippen MR) is 149 cm³/mol. The zero-order chi connectivity index (χ0) is 28.3. The Bertz CT molecular complexity index is 1470. The number of sulfonamides is 1. The molecule has 3 heterocycles. The molecule has 0 spiro atoms. The largest absolute Gasteiger partial charge is 0.454 e. The van der Waals surface area contributed by atoms with E-state index in [1.165, 1.54) is 22.8 Å². The van der Waals surface area contributed by atoms with E-state index in [-0.39, 0.29) is 29.0 Å². The van der Waals surface area contributed by atoms with E-state index in [1.807, 2.05) is 23.1 Å². The first-order valence-electron chi connectivity index (χ1n) is 13.0.